The summed E-state index contributed by atoms with van der Waals surface area (Å²) in [6.45, 7) is 0.616. The molecule has 6 heteroatoms. The highest BCUT2D eigenvalue weighted by atomic mass is 16.5. The Bertz CT molecular complexity index is 1010. The van der Waals surface area contributed by atoms with Gasteiger partial charge in [0.2, 0.25) is 5.95 Å². The van der Waals surface area contributed by atoms with Gasteiger partial charge in [-0.05, 0) is 35.9 Å². The van der Waals surface area contributed by atoms with E-state index < -0.39 is 0 Å². The Morgan fingerprint density at radius 2 is 1.96 bits per heavy atom. The van der Waals surface area contributed by atoms with E-state index in [-0.39, 0.29) is 0 Å². The predicted molar refractivity (Wildman–Crippen MR) is 97.0 cm³/mol. The number of nitrogens with zero attached hydrogens (tertiary/aromatic N) is 4. The second kappa shape index (κ2) is 6.60. The van der Waals surface area contributed by atoms with E-state index in [4.69, 9.17) is 4.74 Å². The molecule has 0 amide bonds. The number of benzene rings is 2. The van der Waals surface area contributed by atoms with Gasteiger partial charge < -0.3 is 10.1 Å². The molecule has 0 bridgehead atoms. The van der Waals surface area contributed by atoms with Crippen LogP contribution in [0.4, 0.5) is 5.95 Å². The fraction of sp³-hybridized carbons (Fsp3) is 0.105. The topological polar surface area (TPSA) is 64.9 Å². The SMILES string of the molecule is COc1cccc(CNc2nccc(-n3cnc4ccccc43)n2)c1. The molecule has 2 aromatic carbocycles. The molecular formula is C19H17N5O. The van der Waals surface area contributed by atoms with Crippen molar-refractivity contribution in [1.29, 1.82) is 0 Å². The molecule has 0 atom stereocenters. The number of rotatable bonds is 5. The molecule has 4 aromatic rings. The molecule has 2 heterocycles. The fourth-order valence-corrected chi connectivity index (χ4v) is 2.67. The summed E-state index contributed by atoms with van der Waals surface area (Å²) in [5, 5.41) is 3.25. The van der Waals surface area contributed by atoms with Crippen LogP contribution in [-0.4, -0.2) is 26.6 Å². The third-order valence-electron chi connectivity index (χ3n) is 3.93. The van der Waals surface area contributed by atoms with Crippen molar-refractivity contribution >= 4 is 17.0 Å². The van der Waals surface area contributed by atoms with Crippen LogP contribution in [0.2, 0.25) is 0 Å². The summed E-state index contributed by atoms with van der Waals surface area (Å²) in [5.41, 5.74) is 3.05. The Kier molecular flexibility index (Phi) is 4.00. The number of hydrogen-bond acceptors (Lipinski definition) is 5. The molecule has 0 radical (unpaired) electrons. The van der Waals surface area contributed by atoms with Crippen molar-refractivity contribution in [2.75, 3.05) is 12.4 Å². The molecule has 0 aliphatic heterocycles. The van der Waals surface area contributed by atoms with Crippen molar-refractivity contribution < 1.29 is 4.74 Å². The van der Waals surface area contributed by atoms with E-state index in [1.54, 1.807) is 19.6 Å². The minimum Gasteiger partial charge on any atom is -0.497 e. The highest BCUT2D eigenvalue weighted by molar-refractivity contribution is 5.76. The van der Waals surface area contributed by atoms with Crippen molar-refractivity contribution in [3.8, 4) is 11.6 Å². The summed E-state index contributed by atoms with van der Waals surface area (Å²) >= 11 is 0. The van der Waals surface area contributed by atoms with Gasteiger partial charge in [-0.1, -0.05) is 24.3 Å². The smallest absolute Gasteiger partial charge is 0.224 e. The zero-order valence-corrected chi connectivity index (χ0v) is 13.8. The molecule has 6 nitrogen and oxygen atoms in total. The van der Waals surface area contributed by atoms with Crippen molar-refractivity contribution in [2.24, 2.45) is 0 Å². The summed E-state index contributed by atoms with van der Waals surface area (Å²) < 4.78 is 7.20. The maximum atomic E-state index is 5.25. The minimum absolute atomic E-state index is 0.568. The number of aromatic nitrogens is 4. The first-order valence-electron chi connectivity index (χ1n) is 7.96. The van der Waals surface area contributed by atoms with Gasteiger partial charge in [-0.3, -0.25) is 4.57 Å². The van der Waals surface area contributed by atoms with Gasteiger partial charge >= 0.3 is 0 Å². The van der Waals surface area contributed by atoms with Gasteiger partial charge in [-0.2, -0.15) is 4.98 Å². The third-order valence-corrected chi connectivity index (χ3v) is 3.93. The Hall–Kier alpha value is -3.41. The van der Waals surface area contributed by atoms with Crippen molar-refractivity contribution in [3.63, 3.8) is 0 Å². The van der Waals surface area contributed by atoms with E-state index in [1.165, 1.54) is 0 Å². The number of fused-ring (bicyclic) bond motifs is 1. The first-order chi connectivity index (χ1) is 12.3. The van der Waals surface area contributed by atoms with E-state index in [9.17, 15) is 0 Å². The van der Waals surface area contributed by atoms with Gasteiger partial charge in [0.15, 0.2) is 0 Å². The fourth-order valence-electron chi connectivity index (χ4n) is 2.67. The number of anilines is 1. The molecule has 2 aromatic heterocycles. The van der Waals surface area contributed by atoms with Crippen molar-refractivity contribution in [1.82, 2.24) is 19.5 Å². The summed E-state index contributed by atoms with van der Waals surface area (Å²) in [7, 11) is 1.66. The molecule has 1 N–H and O–H groups in total. The molecular weight excluding hydrogens is 314 g/mol. The minimum atomic E-state index is 0.568. The zero-order valence-electron chi connectivity index (χ0n) is 13.8. The molecule has 0 aliphatic carbocycles. The second-order valence-corrected chi connectivity index (χ2v) is 5.55. The van der Waals surface area contributed by atoms with Crippen LogP contribution in [0.3, 0.4) is 0 Å². The summed E-state index contributed by atoms with van der Waals surface area (Å²) in [5.74, 6) is 2.17. The maximum absolute atomic E-state index is 5.25. The van der Waals surface area contributed by atoms with Crippen LogP contribution in [0.5, 0.6) is 5.75 Å². The molecule has 0 spiro atoms. The lowest BCUT2D eigenvalue weighted by atomic mass is 10.2. The molecule has 4 rings (SSSR count). The van der Waals surface area contributed by atoms with Gasteiger partial charge in [0.05, 0.1) is 18.1 Å². The standard InChI is InChI=1S/C19H17N5O/c1-25-15-6-4-5-14(11-15)12-21-19-20-10-9-18(23-19)24-13-22-16-7-2-3-8-17(16)24/h2-11,13H,12H2,1H3,(H,20,21,23). The molecule has 0 saturated carbocycles. The lowest BCUT2D eigenvalue weighted by Gasteiger charge is -2.08. The van der Waals surface area contributed by atoms with Crippen molar-refractivity contribution in [2.45, 2.75) is 6.54 Å². The van der Waals surface area contributed by atoms with E-state index in [0.717, 1.165) is 28.2 Å². The number of nitrogens with one attached hydrogen (secondary N) is 1. The molecule has 0 fully saturated rings. The zero-order chi connectivity index (χ0) is 17.1. The molecule has 0 aliphatic rings. The normalized spacial score (nSPS) is 10.8. The Labute approximate surface area is 145 Å². The Morgan fingerprint density at radius 1 is 1.04 bits per heavy atom. The van der Waals surface area contributed by atoms with E-state index in [1.807, 2.05) is 59.2 Å². The molecule has 124 valence electrons. The number of hydrogen-bond donors (Lipinski definition) is 1. The lowest BCUT2D eigenvalue weighted by molar-refractivity contribution is 0.414. The highest BCUT2D eigenvalue weighted by Gasteiger charge is 2.06. The van der Waals surface area contributed by atoms with Gasteiger partial charge in [0.25, 0.3) is 0 Å². The molecule has 0 saturated heterocycles. The van der Waals surface area contributed by atoms with Crippen LogP contribution in [0, 0.1) is 0 Å². The monoisotopic (exact) mass is 331 g/mol. The van der Waals surface area contributed by atoms with E-state index >= 15 is 0 Å². The van der Waals surface area contributed by atoms with E-state index in [0.29, 0.717) is 12.5 Å². The Balaban J connectivity index is 1.57. The number of ether oxygens (including phenoxy) is 1. The molecule has 0 unspecified atom stereocenters. The van der Waals surface area contributed by atoms with Crippen LogP contribution in [-0.2, 0) is 6.54 Å². The first-order valence-corrected chi connectivity index (χ1v) is 7.96. The second-order valence-electron chi connectivity index (χ2n) is 5.55. The van der Waals surface area contributed by atoms with Gasteiger partial charge in [0, 0.05) is 12.7 Å². The average molecular weight is 331 g/mol. The largest absolute Gasteiger partial charge is 0.497 e. The predicted octanol–water partition coefficient (Wildman–Crippen LogP) is 3.44. The number of para-hydroxylation sites is 2. The van der Waals surface area contributed by atoms with Crippen molar-refractivity contribution in [3.05, 3.63) is 72.7 Å². The summed E-state index contributed by atoms with van der Waals surface area (Å²) in [6, 6.07) is 17.7. The first kappa shape index (κ1) is 15.1. The van der Waals surface area contributed by atoms with Crippen LogP contribution in [0.15, 0.2) is 67.1 Å². The maximum Gasteiger partial charge on any atom is 0.224 e. The quantitative estimate of drug-likeness (QED) is 0.607. The van der Waals surface area contributed by atoms with Gasteiger partial charge in [0.1, 0.15) is 17.9 Å². The van der Waals surface area contributed by atoms with Crippen LogP contribution in [0.1, 0.15) is 5.56 Å². The number of methoxy groups -OCH3 is 1. The van der Waals surface area contributed by atoms with Crippen LogP contribution in [0.25, 0.3) is 16.9 Å². The van der Waals surface area contributed by atoms with E-state index in [2.05, 4.69) is 20.3 Å². The van der Waals surface area contributed by atoms with Gasteiger partial charge in [-0.15, -0.1) is 0 Å². The third kappa shape index (κ3) is 3.14. The Morgan fingerprint density at radius 3 is 2.88 bits per heavy atom. The molecule has 25 heavy (non-hydrogen) atoms. The summed E-state index contributed by atoms with van der Waals surface area (Å²) in [6.07, 6.45) is 3.52. The van der Waals surface area contributed by atoms with Crippen LogP contribution >= 0.6 is 0 Å². The number of imidazole rings is 1. The average Bonchev–Trinajstić information content (AvgIpc) is 3.11. The lowest BCUT2D eigenvalue weighted by Crippen LogP contribution is -2.06. The highest BCUT2D eigenvalue weighted by Crippen LogP contribution is 2.17. The van der Waals surface area contributed by atoms with Crippen LogP contribution < -0.4 is 10.1 Å². The summed E-state index contributed by atoms with van der Waals surface area (Å²) in [4.78, 5) is 13.3. The van der Waals surface area contributed by atoms with Gasteiger partial charge in [-0.25, -0.2) is 9.97 Å².